The molecule has 0 atom stereocenters. The van der Waals surface area contributed by atoms with Crippen molar-refractivity contribution in [3.05, 3.63) is 47.0 Å². The lowest BCUT2D eigenvalue weighted by Crippen LogP contribution is -2.39. The Morgan fingerprint density at radius 2 is 1.81 bits per heavy atom. The van der Waals surface area contributed by atoms with Crippen LogP contribution in [0, 0.1) is 11.8 Å². The first kappa shape index (κ1) is 23.6. The number of rotatable bonds is 7. The van der Waals surface area contributed by atoms with Crippen LogP contribution >= 0.6 is 12.0 Å². The zero-order chi connectivity index (χ0) is 23.3. The Morgan fingerprint density at radius 1 is 1.09 bits per heavy atom. The third-order valence-electron chi connectivity index (χ3n) is 4.59. The van der Waals surface area contributed by atoms with Gasteiger partial charge in [0.05, 0.1) is 11.1 Å². The molecule has 1 aliphatic rings. The van der Waals surface area contributed by atoms with Crippen molar-refractivity contribution < 1.29 is 36.6 Å². The van der Waals surface area contributed by atoms with E-state index in [4.69, 9.17) is 4.74 Å². The number of ether oxygens (including phenoxy) is 1. The predicted molar refractivity (Wildman–Crippen MR) is 111 cm³/mol. The lowest BCUT2D eigenvalue weighted by Gasteiger charge is -2.25. The first-order chi connectivity index (χ1) is 15.2. The van der Waals surface area contributed by atoms with Crippen LogP contribution in [0.5, 0.6) is 0 Å². The van der Waals surface area contributed by atoms with Crippen LogP contribution in [0.25, 0.3) is 10.8 Å². The lowest BCUT2D eigenvalue weighted by atomic mass is 9.92. The van der Waals surface area contributed by atoms with Gasteiger partial charge in [-0.15, -0.1) is 5.06 Å². The van der Waals surface area contributed by atoms with Crippen LogP contribution in [0.1, 0.15) is 58.9 Å². The molecule has 0 aliphatic carbocycles. The van der Waals surface area contributed by atoms with E-state index in [2.05, 4.69) is 16.1 Å². The normalized spacial score (nSPS) is 13.2. The number of alkyl halides is 3. The number of halogens is 3. The molecule has 0 bridgehead atoms. The highest BCUT2D eigenvalue weighted by molar-refractivity contribution is 7.95. The summed E-state index contributed by atoms with van der Waals surface area (Å²) < 4.78 is 46.8. The minimum atomic E-state index is -4.79. The Hall–Kier alpha value is -3.03. The van der Waals surface area contributed by atoms with Gasteiger partial charge in [0.1, 0.15) is 12.0 Å². The van der Waals surface area contributed by atoms with Crippen molar-refractivity contribution >= 4 is 40.6 Å². The van der Waals surface area contributed by atoms with E-state index in [1.165, 1.54) is 24.3 Å². The topological polar surface area (TPSA) is 72.9 Å². The van der Waals surface area contributed by atoms with Crippen molar-refractivity contribution in [1.82, 2.24) is 5.06 Å². The molecule has 0 fully saturated rings. The number of amides is 2. The molecule has 3 rings (SSSR count). The van der Waals surface area contributed by atoms with Crippen LogP contribution in [0.2, 0.25) is 0 Å². The van der Waals surface area contributed by atoms with Gasteiger partial charge in [0.25, 0.3) is 11.8 Å². The molecule has 2 aromatic carbocycles. The first-order valence-corrected chi connectivity index (χ1v) is 10.5. The van der Waals surface area contributed by atoms with Crippen LogP contribution in [0.15, 0.2) is 30.3 Å². The molecule has 2 aromatic rings. The fourth-order valence-electron chi connectivity index (χ4n) is 3.17. The predicted octanol–water partition coefficient (Wildman–Crippen LogP) is 5.01. The second kappa shape index (κ2) is 10.1. The molecule has 0 N–H and O–H groups in total. The Kier molecular flexibility index (Phi) is 7.43. The Balaban J connectivity index is 1.82. The quantitative estimate of drug-likeness (QED) is 0.188. The van der Waals surface area contributed by atoms with Crippen molar-refractivity contribution in [3.63, 3.8) is 0 Å². The number of carbonyl (C=O) groups is 3. The van der Waals surface area contributed by atoms with Crippen molar-refractivity contribution in [3.8, 4) is 11.8 Å². The summed E-state index contributed by atoms with van der Waals surface area (Å²) >= 11 is -0.943. The second-order valence-electron chi connectivity index (χ2n) is 6.82. The number of unbranched alkanes of at least 4 members (excludes halogenated alkanes) is 2. The molecule has 32 heavy (non-hydrogen) atoms. The van der Waals surface area contributed by atoms with E-state index in [0.29, 0.717) is 17.4 Å². The lowest BCUT2D eigenvalue weighted by molar-refractivity contribution is -0.142. The van der Waals surface area contributed by atoms with Gasteiger partial charge in [-0.25, -0.2) is 0 Å². The Bertz CT molecular complexity index is 1100. The number of hydroxylamine groups is 2. The maximum Gasteiger partial charge on any atom is 0.470 e. The highest BCUT2D eigenvalue weighted by atomic mass is 32.2. The zero-order valence-corrected chi connectivity index (χ0v) is 17.8. The van der Waals surface area contributed by atoms with E-state index in [1.807, 2.05) is 6.92 Å². The van der Waals surface area contributed by atoms with E-state index in [1.54, 1.807) is 6.07 Å². The van der Waals surface area contributed by atoms with Crippen LogP contribution in [0.4, 0.5) is 13.2 Å². The van der Waals surface area contributed by atoms with Gasteiger partial charge < -0.3 is 4.74 Å². The van der Waals surface area contributed by atoms with Crippen LogP contribution in [-0.2, 0) is 13.8 Å². The molecule has 0 saturated carbocycles. The number of imide groups is 1. The summed E-state index contributed by atoms with van der Waals surface area (Å²) in [4.78, 5) is 36.8. The van der Waals surface area contributed by atoms with E-state index in [0.717, 1.165) is 19.3 Å². The fraction of sp³-hybridized carbons (Fsp3) is 0.318. The molecule has 2 amide bonds. The van der Waals surface area contributed by atoms with Crippen LogP contribution in [-0.4, -0.2) is 35.0 Å². The summed E-state index contributed by atoms with van der Waals surface area (Å²) in [5, 5.41) is 0.854. The van der Waals surface area contributed by atoms with Gasteiger partial charge in [0.15, 0.2) is 6.61 Å². The highest BCUT2D eigenvalue weighted by Gasteiger charge is 2.39. The number of benzene rings is 2. The minimum absolute atomic E-state index is 0.0193. The summed E-state index contributed by atoms with van der Waals surface area (Å²) in [5.41, 5.74) is -4.27. The van der Waals surface area contributed by atoms with Crippen molar-refractivity contribution in [1.29, 1.82) is 0 Å². The number of esters is 1. The van der Waals surface area contributed by atoms with Gasteiger partial charge in [-0.3, -0.25) is 14.4 Å². The van der Waals surface area contributed by atoms with E-state index < -0.39 is 29.4 Å². The summed E-state index contributed by atoms with van der Waals surface area (Å²) in [6.07, 6.45) is 3.01. The number of carbonyl (C=O) groups excluding carboxylic acids is 3. The molecular weight excluding hydrogens is 447 g/mol. The Labute approximate surface area is 186 Å². The first-order valence-electron chi connectivity index (χ1n) is 9.74. The number of nitrogens with zero attached hydrogens (tertiary/aromatic N) is 1. The molecule has 168 valence electrons. The highest BCUT2D eigenvalue weighted by Crippen LogP contribution is 2.36. The largest absolute Gasteiger partial charge is 0.470 e. The van der Waals surface area contributed by atoms with Crippen LogP contribution < -0.4 is 0 Å². The fourth-order valence-corrected chi connectivity index (χ4v) is 3.46. The molecule has 0 unspecified atom stereocenters. The maximum absolute atomic E-state index is 12.6. The van der Waals surface area contributed by atoms with Crippen molar-refractivity contribution in [2.24, 2.45) is 0 Å². The van der Waals surface area contributed by atoms with Gasteiger partial charge in [-0.05, 0) is 30.0 Å². The molecule has 1 heterocycles. The van der Waals surface area contributed by atoms with Gasteiger partial charge in [-0.1, -0.05) is 43.7 Å². The maximum atomic E-state index is 12.6. The SMILES string of the molecule is CCCCCC(=O)OCC#Cc1ccc2c3c(cccc13)C(=O)N(OSC(F)(F)F)C2=O. The van der Waals surface area contributed by atoms with Gasteiger partial charge >= 0.3 is 11.5 Å². The van der Waals surface area contributed by atoms with Gasteiger partial charge in [-0.2, -0.15) is 17.5 Å². The van der Waals surface area contributed by atoms with Crippen molar-refractivity contribution in [2.45, 2.75) is 38.1 Å². The average Bonchev–Trinajstić information content (AvgIpc) is 2.74. The summed E-state index contributed by atoms with van der Waals surface area (Å²) in [6, 6.07) is 7.45. The van der Waals surface area contributed by atoms with Gasteiger partial charge in [0, 0.05) is 17.4 Å². The molecule has 0 radical (unpaired) electrons. The Morgan fingerprint density at radius 3 is 2.50 bits per heavy atom. The monoisotopic (exact) mass is 465 g/mol. The number of hydrogen-bond acceptors (Lipinski definition) is 6. The number of hydrogen-bond donors (Lipinski definition) is 0. The van der Waals surface area contributed by atoms with E-state index in [-0.39, 0.29) is 34.2 Å². The standard InChI is InChI=1S/C22H18F3NO5S/c1-2-3-4-10-18(27)30-13-6-7-14-11-12-17-19-15(14)8-5-9-16(19)20(28)26(21(17)29)31-32-22(23,24)25/h5,8-9,11-12H,2-4,10,13H2,1H3. The molecular formula is C22H18F3NO5S. The molecule has 0 aromatic heterocycles. The van der Waals surface area contributed by atoms with Crippen molar-refractivity contribution in [2.75, 3.05) is 6.61 Å². The third-order valence-corrected chi connectivity index (χ3v) is 5.00. The minimum Gasteiger partial charge on any atom is -0.452 e. The molecule has 6 nitrogen and oxygen atoms in total. The third kappa shape index (κ3) is 5.41. The average molecular weight is 465 g/mol. The second-order valence-corrected chi connectivity index (χ2v) is 7.60. The molecule has 10 heteroatoms. The van der Waals surface area contributed by atoms with E-state index >= 15 is 0 Å². The molecule has 1 aliphatic heterocycles. The smallest absolute Gasteiger partial charge is 0.452 e. The van der Waals surface area contributed by atoms with E-state index in [9.17, 15) is 27.6 Å². The summed E-state index contributed by atoms with van der Waals surface area (Å²) in [7, 11) is 0. The zero-order valence-electron chi connectivity index (χ0n) is 17.0. The summed E-state index contributed by atoms with van der Waals surface area (Å²) in [6.45, 7) is 1.92. The van der Waals surface area contributed by atoms with Gasteiger partial charge in [0.2, 0.25) is 0 Å². The molecule has 0 spiro atoms. The summed E-state index contributed by atoms with van der Waals surface area (Å²) in [5.74, 6) is 3.24. The molecule has 0 saturated heterocycles. The van der Waals surface area contributed by atoms with Crippen LogP contribution in [0.3, 0.4) is 0 Å².